The highest BCUT2D eigenvalue weighted by molar-refractivity contribution is 7.98. The number of ether oxygens (including phenoxy) is 1. The van der Waals surface area contributed by atoms with E-state index in [2.05, 4.69) is 52.7 Å². The van der Waals surface area contributed by atoms with Gasteiger partial charge in [0.25, 0.3) is 0 Å². The number of rotatable bonds is 11. The van der Waals surface area contributed by atoms with Crippen LogP contribution in [0.4, 0.5) is 0 Å². The molecule has 2 aromatic carbocycles. The maximum Gasteiger partial charge on any atom is 0.221 e. The van der Waals surface area contributed by atoms with E-state index >= 15 is 0 Å². The number of methoxy groups -OCH3 is 1. The number of amides is 1. The van der Waals surface area contributed by atoms with Crippen LogP contribution in [-0.4, -0.2) is 49.8 Å². The van der Waals surface area contributed by atoms with Crippen molar-refractivity contribution in [1.82, 2.24) is 10.2 Å². The topological polar surface area (TPSA) is 41.6 Å². The zero-order valence-electron chi connectivity index (χ0n) is 18.0. The van der Waals surface area contributed by atoms with Crippen molar-refractivity contribution >= 4 is 17.7 Å². The fourth-order valence-electron chi connectivity index (χ4n) is 3.88. The van der Waals surface area contributed by atoms with Crippen LogP contribution in [0.5, 0.6) is 5.75 Å². The molecular formula is C25H34N2O2S. The van der Waals surface area contributed by atoms with Gasteiger partial charge in [-0.1, -0.05) is 42.5 Å². The van der Waals surface area contributed by atoms with Gasteiger partial charge in [0.2, 0.25) is 5.91 Å². The molecule has 5 heteroatoms. The maximum absolute atomic E-state index is 12.1. The van der Waals surface area contributed by atoms with Crippen molar-refractivity contribution in [1.29, 1.82) is 0 Å². The van der Waals surface area contributed by atoms with Crippen molar-refractivity contribution in [3.63, 3.8) is 0 Å². The van der Waals surface area contributed by atoms with Gasteiger partial charge in [-0.2, -0.15) is 11.8 Å². The molecule has 1 N–H and O–H groups in total. The summed E-state index contributed by atoms with van der Waals surface area (Å²) in [5.74, 6) is 3.73. The first-order valence-electron chi connectivity index (χ1n) is 11.0. The average molecular weight is 427 g/mol. The number of benzene rings is 2. The molecule has 1 aliphatic heterocycles. The molecule has 0 aromatic heterocycles. The summed E-state index contributed by atoms with van der Waals surface area (Å²) >= 11 is 1.84. The van der Waals surface area contributed by atoms with Crippen molar-refractivity contribution < 1.29 is 9.53 Å². The lowest BCUT2D eigenvalue weighted by Gasteiger charge is -2.31. The van der Waals surface area contributed by atoms with Gasteiger partial charge in [-0.25, -0.2) is 0 Å². The van der Waals surface area contributed by atoms with Gasteiger partial charge in [0.05, 0.1) is 7.11 Å². The predicted octanol–water partition coefficient (Wildman–Crippen LogP) is 4.39. The van der Waals surface area contributed by atoms with E-state index in [-0.39, 0.29) is 5.91 Å². The molecule has 30 heavy (non-hydrogen) atoms. The van der Waals surface area contributed by atoms with E-state index < -0.39 is 0 Å². The molecule has 0 saturated carbocycles. The lowest BCUT2D eigenvalue weighted by molar-refractivity contribution is -0.121. The molecule has 0 atom stereocenters. The van der Waals surface area contributed by atoms with Gasteiger partial charge in [0.15, 0.2) is 0 Å². The molecule has 3 rings (SSSR count). The van der Waals surface area contributed by atoms with E-state index in [9.17, 15) is 4.79 Å². The normalized spacial score (nSPS) is 15.1. The van der Waals surface area contributed by atoms with Gasteiger partial charge in [-0.15, -0.1) is 0 Å². The average Bonchev–Trinajstić information content (AvgIpc) is 2.79. The van der Waals surface area contributed by atoms with Gasteiger partial charge < -0.3 is 15.0 Å². The summed E-state index contributed by atoms with van der Waals surface area (Å²) < 4.78 is 5.18. The van der Waals surface area contributed by atoms with Crippen LogP contribution < -0.4 is 10.1 Å². The highest BCUT2D eigenvalue weighted by Crippen LogP contribution is 2.21. The Kier molecular flexibility index (Phi) is 9.58. The van der Waals surface area contributed by atoms with E-state index in [0.717, 1.165) is 49.4 Å². The number of hydrogen-bond donors (Lipinski definition) is 1. The number of nitrogens with zero attached hydrogens (tertiary/aromatic N) is 1. The Hall–Kier alpha value is -1.98. The SMILES string of the molecule is COc1ccc(CSCCNC(=O)CCN2CCC(Cc3ccccc3)CC2)cc1. The zero-order valence-corrected chi connectivity index (χ0v) is 18.8. The quantitative estimate of drug-likeness (QED) is 0.541. The van der Waals surface area contributed by atoms with Crippen LogP contribution in [-0.2, 0) is 17.0 Å². The van der Waals surface area contributed by atoms with Crippen LogP contribution in [0.1, 0.15) is 30.4 Å². The molecule has 4 nitrogen and oxygen atoms in total. The first kappa shape index (κ1) is 22.7. The molecule has 1 amide bonds. The van der Waals surface area contributed by atoms with Crippen molar-refractivity contribution in [2.75, 3.05) is 39.0 Å². The van der Waals surface area contributed by atoms with Gasteiger partial charge >= 0.3 is 0 Å². The maximum atomic E-state index is 12.1. The molecule has 0 bridgehead atoms. The fraction of sp³-hybridized carbons (Fsp3) is 0.480. The number of hydrogen-bond acceptors (Lipinski definition) is 4. The molecule has 1 saturated heterocycles. The first-order valence-corrected chi connectivity index (χ1v) is 12.1. The molecule has 1 heterocycles. The third-order valence-electron chi connectivity index (χ3n) is 5.73. The number of nitrogens with one attached hydrogen (secondary N) is 1. The second-order valence-corrected chi connectivity index (χ2v) is 9.08. The summed E-state index contributed by atoms with van der Waals surface area (Å²) in [6.45, 7) is 3.84. The van der Waals surface area contributed by atoms with Gasteiger partial charge in [0, 0.05) is 31.0 Å². The minimum absolute atomic E-state index is 0.173. The van der Waals surface area contributed by atoms with E-state index in [1.165, 1.54) is 30.4 Å². The standard InChI is InChI=1S/C25H34N2O2S/c1-29-24-9-7-23(8-10-24)20-30-18-14-26-25(28)13-17-27-15-11-22(12-16-27)19-21-5-3-2-4-6-21/h2-10,22H,11-20H2,1H3,(H,26,28). The Bertz CT molecular complexity index is 744. The lowest BCUT2D eigenvalue weighted by Crippen LogP contribution is -2.37. The molecular weight excluding hydrogens is 392 g/mol. The summed E-state index contributed by atoms with van der Waals surface area (Å²) in [6.07, 6.45) is 4.26. The lowest BCUT2D eigenvalue weighted by atomic mass is 9.90. The summed E-state index contributed by atoms with van der Waals surface area (Å²) in [7, 11) is 1.68. The third-order valence-corrected chi connectivity index (χ3v) is 6.76. The molecule has 162 valence electrons. The predicted molar refractivity (Wildman–Crippen MR) is 126 cm³/mol. The number of carbonyl (C=O) groups excluding carboxylic acids is 1. The van der Waals surface area contributed by atoms with E-state index in [0.29, 0.717) is 6.42 Å². The Labute approximate surface area is 185 Å². The Morgan fingerprint density at radius 3 is 2.50 bits per heavy atom. The van der Waals surface area contributed by atoms with Crippen molar-refractivity contribution in [2.24, 2.45) is 5.92 Å². The monoisotopic (exact) mass is 426 g/mol. The van der Waals surface area contributed by atoms with Crippen molar-refractivity contribution in [3.8, 4) is 5.75 Å². The smallest absolute Gasteiger partial charge is 0.221 e. The van der Waals surface area contributed by atoms with Gasteiger partial charge in [0.1, 0.15) is 5.75 Å². The van der Waals surface area contributed by atoms with Crippen molar-refractivity contribution in [2.45, 2.75) is 31.4 Å². The Morgan fingerprint density at radius 2 is 1.80 bits per heavy atom. The minimum atomic E-state index is 0.173. The number of likely N-dealkylation sites (tertiary alicyclic amines) is 1. The highest BCUT2D eigenvalue weighted by Gasteiger charge is 2.19. The second kappa shape index (κ2) is 12.7. The van der Waals surface area contributed by atoms with Crippen LogP contribution >= 0.6 is 11.8 Å². The molecule has 0 radical (unpaired) electrons. The number of piperidine rings is 1. The minimum Gasteiger partial charge on any atom is -0.497 e. The summed E-state index contributed by atoms with van der Waals surface area (Å²) in [4.78, 5) is 14.6. The summed E-state index contributed by atoms with van der Waals surface area (Å²) in [5.41, 5.74) is 2.72. The summed E-state index contributed by atoms with van der Waals surface area (Å²) in [5, 5.41) is 3.06. The summed E-state index contributed by atoms with van der Waals surface area (Å²) in [6, 6.07) is 18.9. The molecule has 0 unspecified atom stereocenters. The van der Waals surface area contributed by atoms with Crippen LogP contribution in [0, 0.1) is 5.92 Å². The van der Waals surface area contributed by atoms with Gasteiger partial charge in [-0.05, 0) is 61.5 Å². The van der Waals surface area contributed by atoms with E-state index in [1.54, 1.807) is 7.11 Å². The van der Waals surface area contributed by atoms with Gasteiger partial charge in [-0.3, -0.25) is 4.79 Å². The van der Waals surface area contributed by atoms with Crippen LogP contribution in [0.2, 0.25) is 0 Å². The van der Waals surface area contributed by atoms with Crippen molar-refractivity contribution in [3.05, 3.63) is 65.7 Å². The van der Waals surface area contributed by atoms with Crippen LogP contribution in [0.25, 0.3) is 0 Å². The molecule has 2 aromatic rings. The molecule has 0 spiro atoms. The first-order chi connectivity index (χ1) is 14.7. The fourth-order valence-corrected chi connectivity index (χ4v) is 4.70. The molecule has 1 fully saturated rings. The number of thioether (sulfide) groups is 1. The van der Waals surface area contributed by atoms with E-state index in [4.69, 9.17) is 4.74 Å². The largest absolute Gasteiger partial charge is 0.497 e. The second-order valence-electron chi connectivity index (χ2n) is 7.98. The highest BCUT2D eigenvalue weighted by atomic mass is 32.2. The molecule has 1 aliphatic rings. The Morgan fingerprint density at radius 1 is 1.07 bits per heavy atom. The van der Waals surface area contributed by atoms with Crippen LogP contribution in [0.3, 0.4) is 0 Å². The van der Waals surface area contributed by atoms with Crippen LogP contribution in [0.15, 0.2) is 54.6 Å². The third kappa shape index (κ3) is 8.04. The Balaban J connectivity index is 1.21. The number of carbonyl (C=O) groups is 1. The van der Waals surface area contributed by atoms with E-state index in [1.807, 2.05) is 23.9 Å². The zero-order chi connectivity index (χ0) is 21.0. The molecule has 0 aliphatic carbocycles.